The van der Waals surface area contributed by atoms with Gasteiger partial charge in [0.15, 0.2) is 0 Å². The van der Waals surface area contributed by atoms with Crippen molar-refractivity contribution < 1.29 is 0 Å². The highest BCUT2D eigenvalue weighted by Crippen LogP contribution is 2.38. The summed E-state index contributed by atoms with van der Waals surface area (Å²) in [5, 5.41) is 26.7. The van der Waals surface area contributed by atoms with E-state index < -0.39 is 0 Å². The Morgan fingerprint density at radius 2 is 1.13 bits per heavy atom. The lowest BCUT2D eigenvalue weighted by molar-refractivity contribution is 0.830. The van der Waals surface area contributed by atoms with E-state index in [1.807, 2.05) is 84.9 Å². The lowest BCUT2D eigenvalue weighted by Gasteiger charge is -2.29. The summed E-state index contributed by atoms with van der Waals surface area (Å²) in [5.41, 5.74) is 7.35. The maximum Gasteiger partial charge on any atom is 0.145 e. The van der Waals surface area contributed by atoms with Crippen LogP contribution in [-0.4, -0.2) is 17.4 Å². The van der Waals surface area contributed by atoms with Crippen LogP contribution >= 0.6 is 0 Å². The number of nitrogens with one attached hydrogen (secondary N) is 3. The molecule has 0 spiro atoms. The van der Waals surface area contributed by atoms with Gasteiger partial charge in [0.25, 0.3) is 0 Å². The first-order chi connectivity index (χ1) is 23.1. The van der Waals surface area contributed by atoms with Crippen LogP contribution in [0.1, 0.15) is 34.0 Å². The minimum Gasteiger partial charge on any atom is -0.359 e. The Morgan fingerprint density at radius 1 is 0.553 bits per heavy atom. The topological polar surface area (TPSA) is 75.3 Å². The lowest BCUT2D eigenvalue weighted by Crippen LogP contribution is -2.37. The number of benzene rings is 7. The second-order valence-corrected chi connectivity index (χ2v) is 11.7. The fourth-order valence-electron chi connectivity index (χ4n) is 6.34. The Balaban J connectivity index is 1.21. The van der Waals surface area contributed by atoms with Crippen LogP contribution in [0.2, 0.25) is 0 Å². The summed E-state index contributed by atoms with van der Waals surface area (Å²) in [6.07, 6.45) is -0.334. The first-order valence-electron chi connectivity index (χ1n) is 15.7. The molecule has 0 aromatic heterocycles. The van der Waals surface area contributed by atoms with Gasteiger partial charge in [-0.05, 0) is 39.9 Å². The van der Waals surface area contributed by atoms with Crippen molar-refractivity contribution in [1.29, 1.82) is 10.8 Å². The van der Waals surface area contributed by atoms with Gasteiger partial charge in [0.2, 0.25) is 0 Å². The van der Waals surface area contributed by atoms with E-state index in [1.54, 1.807) is 4.90 Å². The quantitative estimate of drug-likeness (QED) is 0.135. The molecular weight excluding hydrogens is 574 g/mol. The summed E-state index contributed by atoms with van der Waals surface area (Å²) in [7, 11) is 0. The van der Waals surface area contributed by atoms with Gasteiger partial charge in [0.05, 0.1) is 11.4 Å². The Morgan fingerprint density at radius 3 is 1.81 bits per heavy atom. The third kappa shape index (κ3) is 5.24. The van der Waals surface area contributed by atoms with Gasteiger partial charge >= 0.3 is 0 Å². The van der Waals surface area contributed by atoms with E-state index in [0.29, 0.717) is 0 Å². The summed E-state index contributed by atoms with van der Waals surface area (Å²) in [6.45, 7) is 0. The largest absolute Gasteiger partial charge is 0.359 e. The van der Waals surface area contributed by atoms with Gasteiger partial charge in [0, 0.05) is 33.3 Å². The van der Waals surface area contributed by atoms with Crippen LogP contribution in [0.4, 0.5) is 11.4 Å². The molecule has 7 aromatic rings. The first kappa shape index (κ1) is 28.2. The molecule has 5 heteroatoms. The molecule has 5 nitrogen and oxygen atoms in total. The van der Waals surface area contributed by atoms with E-state index >= 15 is 0 Å². The van der Waals surface area contributed by atoms with Crippen molar-refractivity contribution in [2.75, 3.05) is 10.2 Å². The molecule has 0 radical (unpaired) electrons. The maximum absolute atomic E-state index is 9.14. The molecule has 0 saturated heterocycles. The SMILES string of the molecule is N=C(c1ccccc1)N(C(=N)c1ccccc1)c1ccc(C2N=C(c3ccc4ccccc4c3)c3ccc4ccccc4c3N2)cc1. The third-order valence-corrected chi connectivity index (χ3v) is 8.75. The van der Waals surface area contributed by atoms with Gasteiger partial charge in [-0.25, -0.2) is 0 Å². The Kier molecular flexibility index (Phi) is 7.12. The van der Waals surface area contributed by atoms with Gasteiger partial charge < -0.3 is 5.32 Å². The fourth-order valence-corrected chi connectivity index (χ4v) is 6.34. The molecule has 1 unspecified atom stereocenters. The zero-order chi connectivity index (χ0) is 31.7. The summed E-state index contributed by atoms with van der Waals surface area (Å²) < 4.78 is 0. The minimum absolute atomic E-state index is 0.236. The number of amidine groups is 2. The fraction of sp³-hybridized carbons (Fsp3) is 0.0238. The van der Waals surface area contributed by atoms with Crippen molar-refractivity contribution in [3.63, 3.8) is 0 Å². The molecule has 1 aliphatic rings. The monoisotopic (exact) mass is 605 g/mol. The number of aliphatic imine (C=N–C) groups is 1. The average Bonchev–Trinajstić information content (AvgIpc) is 3.15. The van der Waals surface area contributed by atoms with Crippen molar-refractivity contribution in [2.24, 2.45) is 4.99 Å². The number of hydrogen-bond acceptors (Lipinski definition) is 4. The van der Waals surface area contributed by atoms with Crippen LogP contribution in [0, 0.1) is 10.8 Å². The zero-order valence-corrected chi connectivity index (χ0v) is 25.6. The van der Waals surface area contributed by atoms with E-state index in [-0.39, 0.29) is 17.8 Å². The van der Waals surface area contributed by atoms with Gasteiger partial charge in [-0.1, -0.05) is 146 Å². The van der Waals surface area contributed by atoms with E-state index in [1.165, 1.54) is 16.2 Å². The van der Waals surface area contributed by atoms with Crippen molar-refractivity contribution in [2.45, 2.75) is 6.17 Å². The van der Waals surface area contributed by atoms with E-state index in [4.69, 9.17) is 15.8 Å². The van der Waals surface area contributed by atoms with Gasteiger partial charge in [-0.2, -0.15) is 0 Å². The molecular formula is C42H31N5. The Hall–Kier alpha value is -6.33. The number of anilines is 2. The van der Waals surface area contributed by atoms with Crippen molar-refractivity contribution >= 4 is 50.3 Å². The van der Waals surface area contributed by atoms with Crippen molar-refractivity contribution in [3.8, 4) is 0 Å². The predicted octanol–water partition coefficient (Wildman–Crippen LogP) is 9.81. The Labute approximate surface area is 273 Å². The molecule has 0 fully saturated rings. The average molecular weight is 606 g/mol. The molecule has 0 bridgehead atoms. The maximum atomic E-state index is 9.14. The molecule has 1 heterocycles. The lowest BCUT2D eigenvalue weighted by atomic mass is 9.93. The highest BCUT2D eigenvalue weighted by atomic mass is 15.2. The number of rotatable bonds is 5. The van der Waals surface area contributed by atoms with Crippen molar-refractivity contribution in [3.05, 3.63) is 192 Å². The smallest absolute Gasteiger partial charge is 0.145 e. The molecule has 224 valence electrons. The Bertz CT molecular complexity index is 2260. The van der Waals surface area contributed by atoms with E-state index in [2.05, 4.69) is 84.2 Å². The first-order valence-corrected chi connectivity index (χ1v) is 15.7. The van der Waals surface area contributed by atoms with Gasteiger partial charge in [-0.15, -0.1) is 0 Å². The van der Waals surface area contributed by atoms with E-state index in [0.717, 1.165) is 50.3 Å². The third-order valence-electron chi connectivity index (χ3n) is 8.75. The second kappa shape index (κ2) is 11.9. The molecule has 0 aliphatic carbocycles. The summed E-state index contributed by atoms with van der Waals surface area (Å²) in [6, 6.07) is 54.9. The van der Waals surface area contributed by atoms with Crippen LogP contribution in [0.5, 0.6) is 0 Å². The molecule has 0 saturated carbocycles. The van der Waals surface area contributed by atoms with Crippen LogP contribution in [0.15, 0.2) is 169 Å². The predicted molar refractivity (Wildman–Crippen MR) is 195 cm³/mol. The standard InChI is InChI=1S/C42H31N5/c43-40(30-13-3-1-4-14-30)47(41(44)31-15-5-2-6-16-31)35-24-21-32(22-25-35)42-45-38(34-20-19-28-11-7-8-17-33(28)27-34)37-26-23-29-12-9-10-18-36(29)39(37)46-42/h1-27,42-44,46H. The van der Waals surface area contributed by atoms with Crippen LogP contribution in [-0.2, 0) is 0 Å². The van der Waals surface area contributed by atoms with Gasteiger partial charge in [0.1, 0.15) is 17.8 Å². The highest BCUT2D eigenvalue weighted by Gasteiger charge is 2.26. The molecule has 47 heavy (non-hydrogen) atoms. The zero-order valence-electron chi connectivity index (χ0n) is 25.6. The molecule has 1 aliphatic heterocycles. The van der Waals surface area contributed by atoms with Crippen LogP contribution in [0.3, 0.4) is 0 Å². The van der Waals surface area contributed by atoms with Crippen LogP contribution in [0.25, 0.3) is 21.5 Å². The molecule has 0 amide bonds. The minimum atomic E-state index is -0.334. The van der Waals surface area contributed by atoms with Crippen LogP contribution < -0.4 is 10.2 Å². The summed E-state index contributed by atoms with van der Waals surface area (Å²) >= 11 is 0. The summed E-state index contributed by atoms with van der Waals surface area (Å²) in [4.78, 5) is 7.01. The summed E-state index contributed by atoms with van der Waals surface area (Å²) in [5.74, 6) is 0.472. The number of hydrogen-bond donors (Lipinski definition) is 3. The second-order valence-electron chi connectivity index (χ2n) is 11.7. The van der Waals surface area contributed by atoms with Crippen molar-refractivity contribution in [1.82, 2.24) is 0 Å². The molecule has 8 rings (SSSR count). The molecule has 3 N–H and O–H groups in total. The number of nitrogens with zero attached hydrogens (tertiary/aromatic N) is 2. The van der Waals surface area contributed by atoms with E-state index in [9.17, 15) is 0 Å². The van der Waals surface area contributed by atoms with Gasteiger partial charge in [-0.3, -0.25) is 20.7 Å². The normalized spacial score (nSPS) is 13.8. The number of fused-ring (bicyclic) bond motifs is 4. The highest BCUT2D eigenvalue weighted by molar-refractivity contribution is 6.27. The molecule has 7 aromatic carbocycles. The molecule has 1 atom stereocenters.